The quantitative estimate of drug-likeness (QED) is 0.181. The van der Waals surface area contributed by atoms with Crippen LogP contribution < -0.4 is 14.4 Å². The van der Waals surface area contributed by atoms with Crippen LogP contribution in [0.4, 0.5) is 0 Å². The van der Waals surface area contributed by atoms with Gasteiger partial charge in [0.25, 0.3) is 0 Å². The van der Waals surface area contributed by atoms with E-state index in [2.05, 4.69) is 62.3 Å². The van der Waals surface area contributed by atoms with Gasteiger partial charge in [-0.2, -0.15) is 0 Å². The molecule has 9 heteroatoms. The lowest BCUT2D eigenvalue weighted by Crippen LogP contribution is -2.27. The molecule has 0 spiro atoms. The van der Waals surface area contributed by atoms with Crippen LogP contribution in [0.5, 0.6) is 11.5 Å². The second kappa shape index (κ2) is 12.1. The Bertz CT molecular complexity index is 1490. The van der Waals surface area contributed by atoms with Crippen LogP contribution in [0.2, 0.25) is 0 Å². The molecule has 8 nitrogen and oxygen atoms in total. The van der Waals surface area contributed by atoms with E-state index in [9.17, 15) is 4.57 Å². The molecule has 0 fully saturated rings. The van der Waals surface area contributed by atoms with Gasteiger partial charge in [-0.25, -0.2) is 9.66 Å². The number of aryl methyl sites for hydroxylation is 2. The third-order valence-electron chi connectivity index (χ3n) is 6.19. The van der Waals surface area contributed by atoms with Crippen LogP contribution in [0, 0.1) is 13.8 Å². The van der Waals surface area contributed by atoms with E-state index in [1.165, 1.54) is 0 Å². The standard InChI is InChI=1S/C30H30N5O3P/c1-22-8-6-12-27(18-22)37-39(36,38-28-13-7-9-23(2)19-28)21-31-29(30-32-34-35-33-30)20-24-14-16-26(17-15-24)25-10-4-3-5-11-25/h3-19,29,31H,20-21H2,1-2H3,(H,32,33,34,35). The largest absolute Gasteiger partial charge is 0.444 e. The normalized spacial score (nSPS) is 12.2. The summed E-state index contributed by atoms with van der Waals surface area (Å²) in [7, 11) is -3.70. The van der Waals surface area contributed by atoms with E-state index < -0.39 is 7.60 Å². The van der Waals surface area contributed by atoms with E-state index in [0.29, 0.717) is 23.7 Å². The number of rotatable bonds is 11. The summed E-state index contributed by atoms with van der Waals surface area (Å²) < 4.78 is 26.2. The molecule has 1 atom stereocenters. The number of nitrogens with zero attached hydrogens (tertiary/aromatic N) is 3. The molecule has 0 aliphatic carbocycles. The summed E-state index contributed by atoms with van der Waals surface area (Å²) in [6.07, 6.45) is 0.489. The summed E-state index contributed by atoms with van der Waals surface area (Å²) in [6.45, 7) is 3.90. The molecule has 5 aromatic rings. The van der Waals surface area contributed by atoms with Crippen molar-refractivity contribution in [3.63, 3.8) is 0 Å². The molecule has 0 amide bonds. The predicted molar refractivity (Wildman–Crippen MR) is 152 cm³/mol. The molecule has 0 saturated carbocycles. The first-order valence-corrected chi connectivity index (χ1v) is 14.4. The van der Waals surface area contributed by atoms with Crippen LogP contribution >= 0.6 is 7.60 Å². The summed E-state index contributed by atoms with van der Waals surface area (Å²) >= 11 is 0. The number of aromatic amines is 1. The van der Waals surface area contributed by atoms with Crippen molar-refractivity contribution < 1.29 is 13.6 Å². The molecule has 1 heterocycles. The zero-order valence-electron chi connectivity index (χ0n) is 21.8. The zero-order chi connectivity index (χ0) is 27.1. The highest BCUT2D eigenvalue weighted by Gasteiger charge is 2.31. The molecular weight excluding hydrogens is 509 g/mol. The summed E-state index contributed by atoms with van der Waals surface area (Å²) in [5.74, 6) is 1.48. The van der Waals surface area contributed by atoms with Crippen molar-refractivity contribution in [1.82, 2.24) is 25.9 Å². The van der Waals surface area contributed by atoms with Gasteiger partial charge in [-0.1, -0.05) is 78.9 Å². The maximum Gasteiger partial charge on any atom is 0.444 e. The summed E-state index contributed by atoms with van der Waals surface area (Å²) in [4.78, 5) is 0. The predicted octanol–water partition coefficient (Wildman–Crippen LogP) is 6.67. The number of nitrogens with one attached hydrogen (secondary N) is 2. The highest BCUT2D eigenvalue weighted by Crippen LogP contribution is 2.48. The Balaban J connectivity index is 1.36. The molecule has 0 radical (unpaired) electrons. The summed E-state index contributed by atoms with van der Waals surface area (Å²) in [5.41, 5.74) is 5.34. The highest BCUT2D eigenvalue weighted by molar-refractivity contribution is 7.54. The van der Waals surface area contributed by atoms with Crippen molar-refractivity contribution in [2.45, 2.75) is 26.3 Å². The van der Waals surface area contributed by atoms with Crippen LogP contribution in [-0.2, 0) is 11.0 Å². The number of aromatic nitrogens is 4. The zero-order valence-corrected chi connectivity index (χ0v) is 22.7. The van der Waals surface area contributed by atoms with Crippen molar-refractivity contribution >= 4 is 7.60 Å². The van der Waals surface area contributed by atoms with Crippen molar-refractivity contribution in [2.75, 3.05) is 6.29 Å². The maximum atomic E-state index is 14.1. The first-order valence-electron chi connectivity index (χ1n) is 12.7. The minimum absolute atomic E-state index is 0.0671. The molecule has 5 rings (SSSR count). The summed E-state index contributed by atoms with van der Waals surface area (Å²) in [5, 5.41) is 17.8. The van der Waals surface area contributed by atoms with Gasteiger partial charge in [0.15, 0.2) is 5.82 Å². The molecule has 198 valence electrons. The molecule has 2 N–H and O–H groups in total. The number of tetrazole rings is 1. The molecular formula is C30H30N5O3P. The Hall–Kier alpha value is -4.26. The number of H-pyrrole nitrogens is 1. The van der Waals surface area contributed by atoms with Gasteiger partial charge in [0.1, 0.15) is 17.8 Å². The Morgan fingerprint density at radius 3 is 1.97 bits per heavy atom. The molecule has 1 unspecified atom stereocenters. The van der Waals surface area contributed by atoms with Gasteiger partial charge < -0.3 is 9.05 Å². The molecule has 0 aliphatic rings. The minimum Gasteiger partial charge on any atom is -0.415 e. The fraction of sp³-hybridized carbons (Fsp3) is 0.167. The average molecular weight is 540 g/mol. The second-order valence-electron chi connectivity index (χ2n) is 9.39. The maximum absolute atomic E-state index is 14.1. The third kappa shape index (κ3) is 7.19. The van der Waals surface area contributed by atoms with Crippen LogP contribution in [0.3, 0.4) is 0 Å². The lowest BCUT2D eigenvalue weighted by Gasteiger charge is -2.23. The molecule has 4 aromatic carbocycles. The highest BCUT2D eigenvalue weighted by atomic mass is 31.2. The first kappa shape index (κ1) is 26.4. The lowest BCUT2D eigenvalue weighted by molar-refractivity contribution is 0.374. The topological polar surface area (TPSA) is 102 Å². The van der Waals surface area contributed by atoms with Gasteiger partial charge in [0.05, 0.1) is 6.04 Å². The van der Waals surface area contributed by atoms with Crippen molar-refractivity contribution in [3.05, 3.63) is 126 Å². The van der Waals surface area contributed by atoms with Crippen LogP contribution in [0.15, 0.2) is 103 Å². The summed E-state index contributed by atoms with van der Waals surface area (Å²) in [6, 6.07) is 33.0. The fourth-order valence-electron chi connectivity index (χ4n) is 4.25. The van der Waals surface area contributed by atoms with Crippen molar-refractivity contribution in [2.24, 2.45) is 0 Å². The van der Waals surface area contributed by atoms with E-state index >= 15 is 0 Å². The van der Waals surface area contributed by atoms with Gasteiger partial charge >= 0.3 is 7.60 Å². The van der Waals surface area contributed by atoms with E-state index in [-0.39, 0.29) is 12.3 Å². The molecule has 1 aromatic heterocycles. The van der Waals surface area contributed by atoms with Crippen molar-refractivity contribution in [1.29, 1.82) is 0 Å². The Kier molecular flexibility index (Phi) is 8.16. The molecule has 39 heavy (non-hydrogen) atoms. The second-order valence-corrected chi connectivity index (χ2v) is 11.3. The van der Waals surface area contributed by atoms with Crippen LogP contribution in [0.25, 0.3) is 11.1 Å². The van der Waals surface area contributed by atoms with Gasteiger partial charge in [-0.3, -0.25) is 5.32 Å². The molecule has 0 saturated heterocycles. The first-order chi connectivity index (χ1) is 19.0. The Labute approximate surface area is 227 Å². The lowest BCUT2D eigenvalue weighted by atomic mass is 10.0. The van der Waals surface area contributed by atoms with Gasteiger partial charge in [0, 0.05) is 0 Å². The van der Waals surface area contributed by atoms with E-state index in [1.807, 2.05) is 68.4 Å². The number of hydrogen-bond acceptors (Lipinski definition) is 7. The van der Waals surface area contributed by atoms with Crippen molar-refractivity contribution in [3.8, 4) is 22.6 Å². The van der Waals surface area contributed by atoms with Gasteiger partial charge in [-0.15, -0.1) is 5.10 Å². The van der Waals surface area contributed by atoms with E-state index in [0.717, 1.165) is 27.8 Å². The number of benzene rings is 4. The molecule has 0 bridgehead atoms. The van der Waals surface area contributed by atoms with E-state index in [4.69, 9.17) is 9.05 Å². The fourth-order valence-corrected chi connectivity index (χ4v) is 5.73. The van der Waals surface area contributed by atoms with E-state index in [1.54, 1.807) is 12.1 Å². The SMILES string of the molecule is Cc1cccc(OP(=O)(CNC(Cc2ccc(-c3ccccc3)cc2)c2nnn[nH]2)Oc2cccc(C)c2)c1. The Morgan fingerprint density at radius 2 is 1.41 bits per heavy atom. The van der Waals surface area contributed by atoms with Gasteiger partial charge in [0.2, 0.25) is 0 Å². The molecule has 0 aliphatic heterocycles. The average Bonchev–Trinajstić information content (AvgIpc) is 3.47. The number of hydrogen-bond donors (Lipinski definition) is 2. The monoisotopic (exact) mass is 539 g/mol. The van der Waals surface area contributed by atoms with Crippen LogP contribution in [0.1, 0.15) is 28.6 Å². The smallest absolute Gasteiger partial charge is 0.415 e. The van der Waals surface area contributed by atoms with Crippen LogP contribution in [-0.4, -0.2) is 26.9 Å². The third-order valence-corrected chi connectivity index (χ3v) is 7.74. The minimum atomic E-state index is -3.70. The van der Waals surface area contributed by atoms with Gasteiger partial charge in [-0.05, 0) is 82.8 Å². The Morgan fingerprint density at radius 1 is 0.795 bits per heavy atom.